The molecule has 0 bridgehead atoms. The van der Waals surface area contributed by atoms with Crippen LogP contribution >= 0.6 is 24.0 Å². The standard InChI is InChI=1S/C22H33N5O2.HI/c1-23-22(24-14-6-16-29-21-7-4-3-5-8-21)25-17-18-13-15-27(26-18)19-9-11-20(28-2)12-10-19;/h9-13,15,21H,3-8,14,16-17H2,1-2H3,(H2,23,24,25);1H. The molecule has 1 fully saturated rings. The van der Waals surface area contributed by atoms with Gasteiger partial charge >= 0.3 is 0 Å². The molecule has 0 unspecified atom stereocenters. The molecule has 0 saturated heterocycles. The Morgan fingerprint density at radius 3 is 2.60 bits per heavy atom. The molecule has 2 aromatic rings. The molecule has 166 valence electrons. The molecule has 3 rings (SSSR count). The second kappa shape index (κ2) is 13.5. The summed E-state index contributed by atoms with van der Waals surface area (Å²) >= 11 is 0. The van der Waals surface area contributed by atoms with Crippen molar-refractivity contribution < 1.29 is 9.47 Å². The first-order valence-corrected chi connectivity index (χ1v) is 10.5. The van der Waals surface area contributed by atoms with Gasteiger partial charge in [-0.25, -0.2) is 4.68 Å². The van der Waals surface area contributed by atoms with Crippen LogP contribution in [0.3, 0.4) is 0 Å². The molecule has 8 heteroatoms. The lowest BCUT2D eigenvalue weighted by molar-refractivity contribution is 0.0277. The van der Waals surface area contributed by atoms with Crippen LogP contribution in [0.15, 0.2) is 41.5 Å². The number of aromatic nitrogens is 2. The van der Waals surface area contributed by atoms with E-state index in [2.05, 4.69) is 20.7 Å². The van der Waals surface area contributed by atoms with E-state index in [4.69, 9.17) is 9.47 Å². The predicted molar refractivity (Wildman–Crippen MR) is 131 cm³/mol. The highest BCUT2D eigenvalue weighted by atomic mass is 127. The van der Waals surface area contributed by atoms with Crippen LogP contribution in [0.5, 0.6) is 5.75 Å². The SMILES string of the molecule is CN=C(NCCCOC1CCCCC1)NCc1ccn(-c2ccc(OC)cc2)n1.I. The molecular weight excluding hydrogens is 493 g/mol. The van der Waals surface area contributed by atoms with Gasteiger partial charge in [0.15, 0.2) is 5.96 Å². The van der Waals surface area contributed by atoms with E-state index in [1.165, 1.54) is 32.1 Å². The summed E-state index contributed by atoms with van der Waals surface area (Å²) in [6.45, 7) is 2.26. The van der Waals surface area contributed by atoms with Gasteiger partial charge in [0.1, 0.15) is 5.75 Å². The van der Waals surface area contributed by atoms with Crippen molar-refractivity contribution >= 4 is 29.9 Å². The topological polar surface area (TPSA) is 72.7 Å². The highest BCUT2D eigenvalue weighted by Gasteiger charge is 2.13. The Morgan fingerprint density at radius 2 is 1.90 bits per heavy atom. The summed E-state index contributed by atoms with van der Waals surface area (Å²) in [6.07, 6.45) is 9.84. The van der Waals surface area contributed by atoms with Crippen molar-refractivity contribution in [2.75, 3.05) is 27.3 Å². The maximum absolute atomic E-state index is 5.97. The van der Waals surface area contributed by atoms with Gasteiger partial charge in [-0.15, -0.1) is 24.0 Å². The lowest BCUT2D eigenvalue weighted by atomic mass is 9.98. The average molecular weight is 527 g/mol. The first kappa shape index (κ1) is 24.5. The predicted octanol–water partition coefficient (Wildman–Crippen LogP) is 3.90. The van der Waals surface area contributed by atoms with Crippen molar-refractivity contribution in [1.29, 1.82) is 0 Å². The van der Waals surface area contributed by atoms with Crippen LogP contribution in [0.4, 0.5) is 0 Å². The summed E-state index contributed by atoms with van der Waals surface area (Å²) in [5.74, 6) is 1.61. The fraction of sp³-hybridized carbons (Fsp3) is 0.545. The van der Waals surface area contributed by atoms with Crippen LogP contribution in [-0.4, -0.2) is 49.2 Å². The van der Waals surface area contributed by atoms with Gasteiger partial charge in [0, 0.05) is 26.4 Å². The van der Waals surface area contributed by atoms with Crippen LogP contribution in [0, 0.1) is 0 Å². The molecule has 1 aromatic carbocycles. The number of hydrogen-bond acceptors (Lipinski definition) is 4. The van der Waals surface area contributed by atoms with Gasteiger partial charge in [-0.2, -0.15) is 5.10 Å². The molecule has 30 heavy (non-hydrogen) atoms. The summed E-state index contributed by atoms with van der Waals surface area (Å²) in [7, 11) is 3.45. The third kappa shape index (κ3) is 7.79. The van der Waals surface area contributed by atoms with E-state index in [0.717, 1.165) is 42.7 Å². The zero-order valence-corrected chi connectivity index (χ0v) is 20.3. The van der Waals surface area contributed by atoms with E-state index in [9.17, 15) is 0 Å². The van der Waals surface area contributed by atoms with E-state index in [-0.39, 0.29) is 24.0 Å². The minimum absolute atomic E-state index is 0. The second-order valence-electron chi connectivity index (χ2n) is 7.29. The van der Waals surface area contributed by atoms with Crippen molar-refractivity contribution in [3.63, 3.8) is 0 Å². The second-order valence-corrected chi connectivity index (χ2v) is 7.29. The zero-order valence-electron chi connectivity index (χ0n) is 18.0. The maximum Gasteiger partial charge on any atom is 0.191 e. The number of nitrogens with one attached hydrogen (secondary N) is 2. The number of guanidine groups is 1. The van der Waals surface area contributed by atoms with Crippen molar-refractivity contribution in [3.05, 3.63) is 42.2 Å². The largest absolute Gasteiger partial charge is 0.497 e. The summed E-state index contributed by atoms with van der Waals surface area (Å²) in [5, 5.41) is 11.3. The summed E-state index contributed by atoms with van der Waals surface area (Å²) in [5.41, 5.74) is 1.95. The maximum atomic E-state index is 5.97. The third-order valence-corrected chi connectivity index (χ3v) is 5.16. The number of aliphatic imine (C=N–C) groups is 1. The molecule has 0 radical (unpaired) electrons. The van der Waals surface area contributed by atoms with Crippen LogP contribution in [0.25, 0.3) is 5.69 Å². The van der Waals surface area contributed by atoms with Gasteiger partial charge in [0.05, 0.1) is 31.1 Å². The fourth-order valence-electron chi connectivity index (χ4n) is 3.49. The van der Waals surface area contributed by atoms with E-state index in [0.29, 0.717) is 12.6 Å². The van der Waals surface area contributed by atoms with Gasteiger partial charge in [0.2, 0.25) is 0 Å². The van der Waals surface area contributed by atoms with Crippen molar-refractivity contribution in [2.45, 2.75) is 51.2 Å². The lowest BCUT2D eigenvalue weighted by Crippen LogP contribution is -2.37. The van der Waals surface area contributed by atoms with E-state index < -0.39 is 0 Å². The first-order chi connectivity index (χ1) is 14.3. The molecule has 1 heterocycles. The normalized spacial score (nSPS) is 14.8. The molecule has 0 amide bonds. The van der Waals surface area contributed by atoms with Crippen LogP contribution < -0.4 is 15.4 Å². The summed E-state index contributed by atoms with van der Waals surface area (Å²) in [6, 6.07) is 9.83. The fourth-order valence-corrected chi connectivity index (χ4v) is 3.49. The molecule has 7 nitrogen and oxygen atoms in total. The van der Waals surface area contributed by atoms with Gasteiger partial charge in [-0.1, -0.05) is 19.3 Å². The Balaban J connectivity index is 0.00000320. The molecule has 0 aliphatic heterocycles. The lowest BCUT2D eigenvalue weighted by Gasteiger charge is -2.22. The van der Waals surface area contributed by atoms with Crippen molar-refractivity contribution in [3.8, 4) is 11.4 Å². The van der Waals surface area contributed by atoms with Gasteiger partial charge in [-0.3, -0.25) is 4.99 Å². The van der Waals surface area contributed by atoms with Crippen molar-refractivity contribution in [1.82, 2.24) is 20.4 Å². The number of ether oxygens (including phenoxy) is 2. The molecular formula is C22H34IN5O2. The van der Waals surface area contributed by atoms with E-state index in [1.807, 2.05) is 41.2 Å². The third-order valence-electron chi connectivity index (χ3n) is 5.16. The molecule has 0 atom stereocenters. The summed E-state index contributed by atoms with van der Waals surface area (Å²) in [4.78, 5) is 4.28. The Hall–Kier alpha value is -1.81. The number of methoxy groups -OCH3 is 1. The first-order valence-electron chi connectivity index (χ1n) is 10.5. The number of benzene rings is 1. The van der Waals surface area contributed by atoms with Gasteiger partial charge in [0.25, 0.3) is 0 Å². The molecule has 1 aliphatic rings. The number of rotatable bonds is 9. The van der Waals surface area contributed by atoms with Gasteiger partial charge in [-0.05, 0) is 49.6 Å². The monoisotopic (exact) mass is 527 g/mol. The highest BCUT2D eigenvalue weighted by Crippen LogP contribution is 2.20. The Morgan fingerprint density at radius 1 is 1.13 bits per heavy atom. The summed E-state index contributed by atoms with van der Waals surface area (Å²) < 4.78 is 13.0. The number of hydrogen-bond donors (Lipinski definition) is 2. The highest BCUT2D eigenvalue weighted by molar-refractivity contribution is 14.0. The van der Waals surface area contributed by atoms with E-state index >= 15 is 0 Å². The smallest absolute Gasteiger partial charge is 0.191 e. The minimum atomic E-state index is 0. The Labute approximate surface area is 196 Å². The zero-order chi connectivity index (χ0) is 20.3. The van der Waals surface area contributed by atoms with Crippen molar-refractivity contribution in [2.24, 2.45) is 4.99 Å². The minimum Gasteiger partial charge on any atom is -0.497 e. The molecule has 0 spiro atoms. The molecule has 1 aromatic heterocycles. The van der Waals surface area contributed by atoms with Crippen LogP contribution in [0.2, 0.25) is 0 Å². The number of halogens is 1. The van der Waals surface area contributed by atoms with Crippen LogP contribution in [0.1, 0.15) is 44.2 Å². The van der Waals surface area contributed by atoms with Crippen LogP contribution in [-0.2, 0) is 11.3 Å². The quantitative estimate of drug-likeness (QED) is 0.224. The molecule has 1 saturated carbocycles. The van der Waals surface area contributed by atoms with E-state index in [1.54, 1.807) is 14.2 Å². The number of nitrogens with zero attached hydrogens (tertiary/aromatic N) is 3. The Kier molecular flexibility index (Phi) is 11.0. The average Bonchev–Trinajstić information content (AvgIpc) is 3.25. The molecule has 1 aliphatic carbocycles. The van der Waals surface area contributed by atoms with Gasteiger partial charge < -0.3 is 20.1 Å². The Bertz CT molecular complexity index is 757. The molecule has 2 N–H and O–H groups in total.